The summed E-state index contributed by atoms with van der Waals surface area (Å²) in [4.78, 5) is 32.8. The zero-order valence-corrected chi connectivity index (χ0v) is 15.0. The summed E-state index contributed by atoms with van der Waals surface area (Å²) in [5.74, 6) is -0.0717. The summed E-state index contributed by atoms with van der Waals surface area (Å²) in [5.41, 5.74) is 6.76. The number of aromatic nitrogens is 2. The van der Waals surface area contributed by atoms with E-state index in [0.29, 0.717) is 27.2 Å². The molecule has 2 aromatic heterocycles. The number of aromatic amines is 1. The lowest BCUT2D eigenvalue weighted by atomic mass is 10.00. The fraction of sp³-hybridized carbons (Fsp3) is 0.0500. The van der Waals surface area contributed by atoms with Crippen LogP contribution in [0.15, 0.2) is 53.3 Å². The molecule has 0 aliphatic rings. The Morgan fingerprint density at radius 1 is 1.19 bits per heavy atom. The average Bonchev–Trinajstić information content (AvgIpc) is 2.66. The van der Waals surface area contributed by atoms with Crippen LogP contribution in [0.4, 0.5) is 5.82 Å². The molecule has 4 aromatic rings. The predicted octanol–water partition coefficient (Wildman–Crippen LogP) is 3.55. The molecule has 0 atom stereocenters. The lowest BCUT2D eigenvalue weighted by Crippen LogP contribution is -2.17. The first-order valence-corrected chi connectivity index (χ1v) is 8.47. The van der Waals surface area contributed by atoms with Crippen LogP contribution in [0.5, 0.6) is 5.75 Å². The number of methoxy groups -OCH3 is 1. The number of nitrogen functional groups attached to an aromatic ring is 1. The quantitative estimate of drug-likeness (QED) is 0.419. The summed E-state index contributed by atoms with van der Waals surface area (Å²) >= 11 is 6.09. The second kappa shape index (κ2) is 6.41. The molecule has 0 saturated carbocycles. The van der Waals surface area contributed by atoms with Gasteiger partial charge < -0.3 is 15.5 Å². The van der Waals surface area contributed by atoms with Gasteiger partial charge in [-0.3, -0.25) is 9.59 Å². The summed E-state index contributed by atoms with van der Waals surface area (Å²) in [7, 11) is 1.46. The SMILES string of the molecule is COc1c2ccc(Cl)cc2nc2c(C(=O)c3ccccc3)c(N)[nH]c(=O)c12. The number of rotatable bonds is 3. The Hall–Kier alpha value is -3.38. The molecule has 0 aliphatic heterocycles. The molecule has 0 radical (unpaired) electrons. The highest BCUT2D eigenvalue weighted by atomic mass is 35.5. The van der Waals surface area contributed by atoms with Crippen molar-refractivity contribution in [1.82, 2.24) is 9.97 Å². The van der Waals surface area contributed by atoms with Crippen LogP contribution in [0, 0.1) is 0 Å². The Bertz CT molecular complexity index is 1270. The van der Waals surface area contributed by atoms with Crippen LogP contribution in [0.25, 0.3) is 21.8 Å². The summed E-state index contributed by atoms with van der Waals surface area (Å²) in [6.45, 7) is 0. The molecule has 134 valence electrons. The van der Waals surface area contributed by atoms with Crippen molar-refractivity contribution >= 4 is 45.0 Å². The minimum absolute atomic E-state index is 0.0442. The van der Waals surface area contributed by atoms with Crippen LogP contribution >= 0.6 is 11.6 Å². The van der Waals surface area contributed by atoms with Gasteiger partial charge in [-0.15, -0.1) is 0 Å². The smallest absolute Gasteiger partial charge is 0.262 e. The Morgan fingerprint density at radius 3 is 2.63 bits per heavy atom. The minimum Gasteiger partial charge on any atom is -0.495 e. The van der Waals surface area contributed by atoms with E-state index in [4.69, 9.17) is 22.1 Å². The molecule has 0 fully saturated rings. The zero-order valence-electron chi connectivity index (χ0n) is 14.2. The Balaban J connectivity index is 2.17. The third-order valence-electron chi connectivity index (χ3n) is 4.35. The molecule has 0 saturated heterocycles. The molecule has 0 aliphatic carbocycles. The molecule has 0 amide bonds. The van der Waals surface area contributed by atoms with E-state index >= 15 is 0 Å². The molecule has 0 bridgehead atoms. The van der Waals surface area contributed by atoms with Gasteiger partial charge in [0, 0.05) is 16.0 Å². The van der Waals surface area contributed by atoms with E-state index in [-0.39, 0.29) is 28.1 Å². The molecular weight excluding hydrogens is 366 g/mol. The van der Waals surface area contributed by atoms with Gasteiger partial charge in [-0.1, -0.05) is 41.9 Å². The molecule has 27 heavy (non-hydrogen) atoms. The number of ketones is 1. The lowest BCUT2D eigenvalue weighted by Gasteiger charge is -2.13. The molecule has 2 aromatic carbocycles. The molecule has 4 rings (SSSR count). The second-order valence-corrected chi connectivity index (χ2v) is 6.40. The number of benzene rings is 2. The van der Waals surface area contributed by atoms with E-state index in [1.54, 1.807) is 42.5 Å². The third-order valence-corrected chi connectivity index (χ3v) is 4.58. The number of fused-ring (bicyclic) bond motifs is 2. The summed E-state index contributed by atoms with van der Waals surface area (Å²) in [6.07, 6.45) is 0. The third kappa shape index (κ3) is 2.71. The monoisotopic (exact) mass is 379 g/mol. The van der Waals surface area contributed by atoms with Crippen LogP contribution in [-0.2, 0) is 0 Å². The highest BCUT2D eigenvalue weighted by Crippen LogP contribution is 2.34. The van der Waals surface area contributed by atoms with Crippen molar-refractivity contribution < 1.29 is 9.53 Å². The van der Waals surface area contributed by atoms with Gasteiger partial charge in [0.15, 0.2) is 5.78 Å². The number of hydrogen-bond donors (Lipinski definition) is 2. The van der Waals surface area contributed by atoms with E-state index in [9.17, 15) is 9.59 Å². The number of anilines is 1. The number of nitrogens with zero attached hydrogens (tertiary/aromatic N) is 1. The largest absolute Gasteiger partial charge is 0.495 e. The molecular formula is C20H14ClN3O3. The lowest BCUT2D eigenvalue weighted by molar-refractivity contribution is 0.104. The van der Waals surface area contributed by atoms with Crippen molar-refractivity contribution in [2.24, 2.45) is 0 Å². The van der Waals surface area contributed by atoms with Gasteiger partial charge >= 0.3 is 0 Å². The van der Waals surface area contributed by atoms with E-state index in [2.05, 4.69) is 9.97 Å². The standard InChI is InChI=1S/C20H14ClN3O3/c1-27-18-12-8-7-11(21)9-13(12)23-16-14(19(22)24-20(26)15(16)18)17(25)10-5-3-2-4-6-10/h2-9H,1H3,(H3,22,24,26). The fourth-order valence-electron chi connectivity index (χ4n) is 3.15. The summed E-state index contributed by atoms with van der Waals surface area (Å²) < 4.78 is 5.49. The minimum atomic E-state index is -0.478. The number of hydrogen-bond acceptors (Lipinski definition) is 5. The van der Waals surface area contributed by atoms with E-state index < -0.39 is 5.56 Å². The van der Waals surface area contributed by atoms with E-state index in [1.807, 2.05) is 6.07 Å². The predicted molar refractivity (Wildman–Crippen MR) is 106 cm³/mol. The van der Waals surface area contributed by atoms with Crippen molar-refractivity contribution in [3.63, 3.8) is 0 Å². The maximum Gasteiger partial charge on any atom is 0.262 e. The number of halogens is 1. The maximum atomic E-state index is 13.1. The highest BCUT2D eigenvalue weighted by Gasteiger charge is 2.23. The number of ether oxygens (including phenoxy) is 1. The molecule has 2 heterocycles. The summed E-state index contributed by atoms with van der Waals surface area (Å²) in [5, 5.41) is 1.26. The first-order chi connectivity index (χ1) is 13.0. The average molecular weight is 380 g/mol. The van der Waals surface area contributed by atoms with Gasteiger partial charge in [0.25, 0.3) is 5.56 Å². The number of carbonyl (C=O) groups excluding carboxylic acids is 1. The first kappa shape index (κ1) is 17.1. The van der Waals surface area contributed by atoms with Gasteiger partial charge in [-0.25, -0.2) is 4.98 Å². The number of H-pyrrole nitrogens is 1. The van der Waals surface area contributed by atoms with Crippen molar-refractivity contribution in [2.45, 2.75) is 0 Å². The van der Waals surface area contributed by atoms with E-state index in [0.717, 1.165) is 0 Å². The topological polar surface area (TPSA) is 98.1 Å². The maximum absolute atomic E-state index is 13.1. The molecule has 6 nitrogen and oxygen atoms in total. The molecule has 0 unspecified atom stereocenters. The van der Waals surface area contributed by atoms with Crippen LogP contribution in [0.1, 0.15) is 15.9 Å². The fourth-order valence-corrected chi connectivity index (χ4v) is 3.32. The van der Waals surface area contributed by atoms with Crippen molar-refractivity contribution in [3.8, 4) is 5.75 Å². The number of carbonyl (C=O) groups is 1. The zero-order chi connectivity index (χ0) is 19.1. The van der Waals surface area contributed by atoms with Gasteiger partial charge in [0.05, 0.1) is 23.7 Å². The molecule has 3 N–H and O–H groups in total. The summed E-state index contributed by atoms with van der Waals surface area (Å²) in [6, 6.07) is 13.7. The number of nitrogens with two attached hydrogens (primary N) is 1. The van der Waals surface area contributed by atoms with E-state index in [1.165, 1.54) is 7.11 Å². The normalized spacial score (nSPS) is 11.0. The van der Waals surface area contributed by atoms with Crippen molar-refractivity contribution in [1.29, 1.82) is 0 Å². The number of nitrogens with one attached hydrogen (secondary N) is 1. The van der Waals surface area contributed by atoms with Crippen molar-refractivity contribution in [3.05, 3.63) is 75.0 Å². The number of pyridine rings is 2. The Morgan fingerprint density at radius 2 is 1.93 bits per heavy atom. The van der Waals surface area contributed by atoms with Crippen molar-refractivity contribution in [2.75, 3.05) is 12.8 Å². The van der Waals surface area contributed by atoms with Gasteiger partial charge in [-0.2, -0.15) is 0 Å². The Labute approximate surface area is 158 Å². The Kier molecular flexibility index (Phi) is 4.05. The molecule has 0 spiro atoms. The second-order valence-electron chi connectivity index (χ2n) is 5.97. The van der Waals surface area contributed by atoms with Crippen LogP contribution < -0.4 is 16.0 Å². The van der Waals surface area contributed by atoms with Gasteiger partial charge in [-0.05, 0) is 18.2 Å². The van der Waals surface area contributed by atoms with Crippen LogP contribution in [-0.4, -0.2) is 22.9 Å². The first-order valence-electron chi connectivity index (χ1n) is 8.09. The highest BCUT2D eigenvalue weighted by molar-refractivity contribution is 6.31. The van der Waals surface area contributed by atoms with Gasteiger partial charge in [0.2, 0.25) is 0 Å². The molecule has 7 heteroatoms. The van der Waals surface area contributed by atoms with Crippen LogP contribution in [0.3, 0.4) is 0 Å². The van der Waals surface area contributed by atoms with Gasteiger partial charge in [0.1, 0.15) is 17.0 Å². The van der Waals surface area contributed by atoms with Crippen LogP contribution in [0.2, 0.25) is 5.02 Å².